The summed E-state index contributed by atoms with van der Waals surface area (Å²) in [5, 5.41) is 10.9. The smallest absolute Gasteiger partial charge is 0.270 e. The number of carbonyl (C=O) groups is 2. The molecule has 1 aromatic heterocycles. The van der Waals surface area contributed by atoms with Gasteiger partial charge in [-0.15, -0.1) is 0 Å². The van der Waals surface area contributed by atoms with Crippen LogP contribution in [0.15, 0.2) is 41.0 Å². The number of nitrogens with zero attached hydrogens (tertiary/aromatic N) is 3. The van der Waals surface area contributed by atoms with E-state index in [1.165, 1.54) is 17.0 Å². The Labute approximate surface area is 191 Å². The molecular formula is C22H26ClN3O6. The highest BCUT2D eigenvalue weighted by atomic mass is 35.5. The SMILES string of the molecule is CC(C)N(CC(=O)N(Cc1ccco1)CC1CCCO1)C(=O)c1ccc([N+](=O)[O-])cc1Cl. The molecule has 9 nitrogen and oxygen atoms in total. The predicted molar refractivity (Wildman–Crippen MR) is 117 cm³/mol. The lowest BCUT2D eigenvalue weighted by molar-refractivity contribution is -0.384. The van der Waals surface area contributed by atoms with E-state index in [0.717, 1.165) is 18.9 Å². The van der Waals surface area contributed by atoms with Crippen LogP contribution in [0.2, 0.25) is 5.02 Å². The second-order valence-corrected chi connectivity index (χ2v) is 8.34. The number of hydrogen-bond donors (Lipinski definition) is 0. The Balaban J connectivity index is 1.78. The molecule has 0 saturated carbocycles. The first kappa shape index (κ1) is 23.7. The fraction of sp³-hybridized carbons (Fsp3) is 0.455. The number of non-ortho nitro benzene ring substituents is 1. The van der Waals surface area contributed by atoms with Crippen LogP contribution in [0.1, 0.15) is 42.8 Å². The average molecular weight is 464 g/mol. The summed E-state index contributed by atoms with van der Waals surface area (Å²) in [7, 11) is 0. The molecule has 10 heteroatoms. The van der Waals surface area contributed by atoms with Crippen molar-refractivity contribution in [2.75, 3.05) is 19.7 Å². The van der Waals surface area contributed by atoms with Gasteiger partial charge >= 0.3 is 0 Å². The van der Waals surface area contributed by atoms with Crippen LogP contribution in [-0.4, -0.2) is 58.4 Å². The minimum absolute atomic E-state index is 0.0332. The molecule has 3 rings (SSSR count). The first-order valence-electron chi connectivity index (χ1n) is 10.4. The maximum absolute atomic E-state index is 13.2. The average Bonchev–Trinajstić information content (AvgIpc) is 3.44. The van der Waals surface area contributed by atoms with Crippen molar-refractivity contribution in [3.8, 4) is 0 Å². The largest absolute Gasteiger partial charge is 0.467 e. The van der Waals surface area contributed by atoms with Crippen LogP contribution in [0.3, 0.4) is 0 Å². The van der Waals surface area contributed by atoms with Crippen LogP contribution in [0.4, 0.5) is 5.69 Å². The van der Waals surface area contributed by atoms with E-state index < -0.39 is 10.8 Å². The zero-order valence-electron chi connectivity index (χ0n) is 18.0. The Hall–Kier alpha value is -2.91. The van der Waals surface area contributed by atoms with E-state index >= 15 is 0 Å². The standard InChI is InChI=1S/C22H26ClN3O6/c1-15(2)25(22(28)19-8-7-16(26(29)30)11-20(19)23)14-21(27)24(12-17-5-3-9-31-17)13-18-6-4-10-32-18/h3,5,7-9,11,15,18H,4,6,10,12-14H2,1-2H3. The summed E-state index contributed by atoms with van der Waals surface area (Å²) in [4.78, 5) is 39.8. The van der Waals surface area contributed by atoms with Crippen LogP contribution >= 0.6 is 11.6 Å². The zero-order valence-corrected chi connectivity index (χ0v) is 18.8. The Morgan fingerprint density at radius 2 is 2.09 bits per heavy atom. The molecule has 0 spiro atoms. The molecule has 1 aromatic carbocycles. The van der Waals surface area contributed by atoms with Gasteiger partial charge in [-0.05, 0) is 44.9 Å². The van der Waals surface area contributed by atoms with Crippen molar-refractivity contribution in [2.45, 2.75) is 45.4 Å². The molecular weight excluding hydrogens is 438 g/mol. The molecule has 1 saturated heterocycles. The number of rotatable bonds is 9. The van der Waals surface area contributed by atoms with Gasteiger partial charge in [0.15, 0.2) is 0 Å². The van der Waals surface area contributed by atoms with Gasteiger partial charge in [-0.1, -0.05) is 11.6 Å². The van der Waals surface area contributed by atoms with E-state index in [4.69, 9.17) is 20.8 Å². The maximum atomic E-state index is 13.2. The highest BCUT2D eigenvalue weighted by molar-refractivity contribution is 6.34. The van der Waals surface area contributed by atoms with Crippen LogP contribution < -0.4 is 0 Å². The number of nitro benzene ring substituents is 1. The van der Waals surface area contributed by atoms with E-state index in [1.807, 2.05) is 0 Å². The number of amides is 2. The summed E-state index contributed by atoms with van der Waals surface area (Å²) >= 11 is 6.15. The molecule has 32 heavy (non-hydrogen) atoms. The van der Waals surface area contributed by atoms with Crippen molar-refractivity contribution in [3.63, 3.8) is 0 Å². The summed E-state index contributed by atoms with van der Waals surface area (Å²) < 4.78 is 11.1. The monoisotopic (exact) mass is 463 g/mol. The molecule has 0 aliphatic carbocycles. The van der Waals surface area contributed by atoms with Gasteiger partial charge in [0.05, 0.1) is 34.4 Å². The summed E-state index contributed by atoms with van der Waals surface area (Å²) in [5.74, 6) is -0.0857. The number of carbonyl (C=O) groups excluding carboxylic acids is 2. The molecule has 0 radical (unpaired) electrons. The third-order valence-corrected chi connectivity index (χ3v) is 5.62. The van der Waals surface area contributed by atoms with Crippen molar-refractivity contribution in [1.82, 2.24) is 9.80 Å². The van der Waals surface area contributed by atoms with Gasteiger partial charge < -0.3 is 19.0 Å². The predicted octanol–water partition coefficient (Wildman–Crippen LogP) is 3.90. The van der Waals surface area contributed by atoms with Gasteiger partial charge in [0.25, 0.3) is 11.6 Å². The Morgan fingerprint density at radius 3 is 2.66 bits per heavy atom. The third-order valence-electron chi connectivity index (χ3n) is 5.31. The second kappa shape index (κ2) is 10.6. The van der Waals surface area contributed by atoms with Gasteiger partial charge in [0.1, 0.15) is 12.3 Å². The van der Waals surface area contributed by atoms with Crippen molar-refractivity contribution in [3.05, 3.63) is 63.1 Å². The zero-order chi connectivity index (χ0) is 23.3. The molecule has 1 atom stereocenters. The highest BCUT2D eigenvalue weighted by Crippen LogP contribution is 2.24. The minimum Gasteiger partial charge on any atom is -0.467 e. The summed E-state index contributed by atoms with van der Waals surface area (Å²) in [5.41, 5.74) is -0.101. The quantitative estimate of drug-likeness (QED) is 0.412. The number of halogens is 1. The molecule has 2 heterocycles. The third kappa shape index (κ3) is 5.86. The lowest BCUT2D eigenvalue weighted by atomic mass is 10.1. The Morgan fingerprint density at radius 1 is 1.31 bits per heavy atom. The van der Waals surface area contributed by atoms with E-state index in [1.54, 1.807) is 37.1 Å². The van der Waals surface area contributed by atoms with Gasteiger partial charge in [0.2, 0.25) is 5.91 Å². The van der Waals surface area contributed by atoms with E-state index in [9.17, 15) is 19.7 Å². The number of benzene rings is 1. The number of hydrogen-bond acceptors (Lipinski definition) is 6. The van der Waals surface area contributed by atoms with Crippen molar-refractivity contribution in [2.24, 2.45) is 0 Å². The van der Waals surface area contributed by atoms with Gasteiger partial charge in [-0.25, -0.2) is 0 Å². The summed E-state index contributed by atoms with van der Waals surface area (Å²) in [6.07, 6.45) is 3.31. The minimum atomic E-state index is -0.582. The summed E-state index contributed by atoms with van der Waals surface area (Å²) in [6.45, 7) is 4.75. The van der Waals surface area contributed by atoms with Gasteiger partial charge in [-0.2, -0.15) is 0 Å². The number of furan rings is 1. The van der Waals surface area contributed by atoms with E-state index in [-0.39, 0.29) is 47.4 Å². The van der Waals surface area contributed by atoms with Crippen molar-refractivity contribution >= 4 is 29.1 Å². The lowest BCUT2D eigenvalue weighted by Crippen LogP contribution is -2.47. The van der Waals surface area contributed by atoms with Crippen LogP contribution in [-0.2, 0) is 16.1 Å². The molecule has 0 N–H and O–H groups in total. The lowest BCUT2D eigenvalue weighted by Gasteiger charge is -2.31. The Bertz CT molecular complexity index is 957. The molecule has 2 amide bonds. The molecule has 1 aliphatic rings. The number of ether oxygens (including phenoxy) is 1. The molecule has 2 aromatic rings. The number of nitro groups is 1. The Kier molecular flexibility index (Phi) is 7.87. The fourth-order valence-electron chi connectivity index (χ4n) is 3.56. The molecule has 172 valence electrons. The fourth-order valence-corrected chi connectivity index (χ4v) is 3.82. The highest BCUT2D eigenvalue weighted by Gasteiger charge is 2.29. The molecule has 0 bridgehead atoms. The van der Waals surface area contributed by atoms with Crippen molar-refractivity contribution < 1.29 is 23.7 Å². The maximum Gasteiger partial charge on any atom is 0.270 e. The van der Waals surface area contributed by atoms with E-state index in [2.05, 4.69) is 0 Å². The molecule has 1 unspecified atom stereocenters. The topological polar surface area (TPSA) is 106 Å². The first-order valence-corrected chi connectivity index (χ1v) is 10.8. The van der Waals surface area contributed by atoms with Crippen molar-refractivity contribution in [1.29, 1.82) is 0 Å². The second-order valence-electron chi connectivity index (χ2n) is 7.94. The first-order chi connectivity index (χ1) is 15.3. The normalized spacial score (nSPS) is 15.7. The summed E-state index contributed by atoms with van der Waals surface area (Å²) in [6, 6.07) is 6.92. The molecule has 1 fully saturated rings. The van der Waals surface area contributed by atoms with Gasteiger partial charge in [0, 0.05) is 31.3 Å². The molecule has 1 aliphatic heterocycles. The van der Waals surface area contributed by atoms with Crippen LogP contribution in [0.5, 0.6) is 0 Å². The van der Waals surface area contributed by atoms with Gasteiger partial charge in [-0.3, -0.25) is 19.7 Å². The van der Waals surface area contributed by atoms with Crippen LogP contribution in [0, 0.1) is 10.1 Å². The van der Waals surface area contributed by atoms with E-state index in [0.29, 0.717) is 18.9 Å². The van der Waals surface area contributed by atoms with Crippen LogP contribution in [0.25, 0.3) is 0 Å².